The molecule has 0 bridgehead atoms. The Morgan fingerprint density at radius 3 is 2.12 bits per heavy atom. The number of benzene rings is 3. The van der Waals surface area contributed by atoms with E-state index in [1.807, 2.05) is 27.7 Å². The molecule has 172 valence electrons. The molecule has 0 unspecified atom stereocenters. The van der Waals surface area contributed by atoms with E-state index in [-0.39, 0.29) is 5.41 Å². The molecular formula is C31H39N2+. The minimum Gasteiger partial charge on any atom is -0.225 e. The molecule has 0 amide bonds. The van der Waals surface area contributed by atoms with Crippen LogP contribution < -0.4 is 4.57 Å². The smallest absolute Gasteiger partial charge is 0.225 e. The van der Waals surface area contributed by atoms with Crippen molar-refractivity contribution >= 4 is 11.0 Å². The summed E-state index contributed by atoms with van der Waals surface area (Å²) in [7, 11) is 2.13. The molecule has 0 aliphatic rings. The molecule has 0 fully saturated rings. The third-order valence-electron chi connectivity index (χ3n) is 6.66. The Morgan fingerprint density at radius 2 is 1.52 bits per heavy atom. The van der Waals surface area contributed by atoms with Gasteiger partial charge in [0.05, 0.1) is 12.6 Å². The monoisotopic (exact) mass is 441 g/mol. The lowest BCUT2D eigenvalue weighted by Crippen LogP contribution is -2.31. The molecule has 4 aromatic rings. The van der Waals surface area contributed by atoms with Crippen LogP contribution in [-0.2, 0) is 12.5 Å². The fourth-order valence-electron chi connectivity index (χ4n) is 4.78. The number of nitrogens with zero attached hydrogens (tertiary/aromatic N) is 2. The fraction of sp³-hybridized carbons (Fsp3) is 0.387. The van der Waals surface area contributed by atoms with E-state index in [1.165, 1.54) is 11.1 Å². The highest BCUT2D eigenvalue weighted by Gasteiger charge is 2.33. The minimum absolute atomic E-state index is 0.191. The van der Waals surface area contributed by atoms with Crippen molar-refractivity contribution in [2.75, 3.05) is 0 Å². The van der Waals surface area contributed by atoms with Crippen LogP contribution in [0.3, 0.4) is 0 Å². The highest BCUT2D eigenvalue weighted by atomic mass is 15.2. The summed E-state index contributed by atoms with van der Waals surface area (Å²) in [5, 5.41) is 0. The van der Waals surface area contributed by atoms with E-state index in [4.69, 9.17) is 1.37 Å². The highest BCUT2D eigenvalue weighted by Crippen LogP contribution is 2.40. The second-order valence-corrected chi connectivity index (χ2v) is 10.7. The van der Waals surface area contributed by atoms with Crippen molar-refractivity contribution in [3.8, 4) is 17.1 Å². The van der Waals surface area contributed by atoms with Crippen LogP contribution in [0, 0.1) is 6.92 Å². The molecular weight excluding hydrogens is 400 g/mol. The van der Waals surface area contributed by atoms with Crippen molar-refractivity contribution in [3.63, 3.8) is 0 Å². The summed E-state index contributed by atoms with van der Waals surface area (Å²) >= 11 is 0. The summed E-state index contributed by atoms with van der Waals surface area (Å²) in [6.07, 6.45) is 0. The second kappa shape index (κ2) is 8.48. The number of aryl methyl sites for hydroxylation is 2. The molecule has 0 saturated heterocycles. The van der Waals surface area contributed by atoms with E-state index in [1.54, 1.807) is 0 Å². The topological polar surface area (TPSA) is 8.81 Å². The standard InChI is InChI=1S/C31H39N2/c1-20(2)23-18-25(21(3)4)29(26(19-23)31(6,7)8)33-28-17-13-12-16-27(28)32(9)30(33)24-15-11-10-14-22(24)5/h10-21H,1-9H3/q+1/i20D,21D. The normalized spacial score (nSPS) is 13.8. The third kappa shape index (κ3) is 4.01. The lowest BCUT2D eigenvalue weighted by molar-refractivity contribution is -0.633. The van der Waals surface area contributed by atoms with Gasteiger partial charge in [-0.05, 0) is 53.5 Å². The van der Waals surface area contributed by atoms with Gasteiger partial charge in [0, 0.05) is 13.9 Å². The van der Waals surface area contributed by atoms with Crippen molar-refractivity contribution in [1.29, 1.82) is 0 Å². The Hall–Kier alpha value is -2.87. The number of hydrogen-bond acceptors (Lipinski definition) is 0. The van der Waals surface area contributed by atoms with Gasteiger partial charge in [0.1, 0.15) is 5.69 Å². The average molecular weight is 442 g/mol. The van der Waals surface area contributed by atoms with Gasteiger partial charge in [-0.3, -0.25) is 0 Å². The van der Waals surface area contributed by atoms with Gasteiger partial charge in [-0.25, -0.2) is 4.57 Å². The molecule has 0 spiro atoms. The van der Waals surface area contributed by atoms with Crippen LogP contribution in [0.25, 0.3) is 28.1 Å². The molecule has 0 aliphatic heterocycles. The lowest BCUT2D eigenvalue weighted by atomic mass is 9.80. The minimum atomic E-state index is -0.858. The van der Waals surface area contributed by atoms with Crippen molar-refractivity contribution in [3.05, 3.63) is 82.9 Å². The van der Waals surface area contributed by atoms with Gasteiger partial charge in [-0.15, -0.1) is 0 Å². The molecule has 0 N–H and O–H groups in total. The maximum atomic E-state index is 9.22. The molecule has 4 rings (SSSR count). The molecule has 2 heteroatoms. The Bertz CT molecular complexity index is 1370. The molecule has 1 heterocycles. The number of para-hydroxylation sites is 2. The van der Waals surface area contributed by atoms with Crippen LogP contribution in [0.15, 0.2) is 60.7 Å². The number of fused-ring (bicyclic) bond motifs is 1. The van der Waals surface area contributed by atoms with Crippen molar-refractivity contribution < 1.29 is 7.31 Å². The van der Waals surface area contributed by atoms with Gasteiger partial charge in [0.25, 0.3) is 5.82 Å². The third-order valence-corrected chi connectivity index (χ3v) is 6.66. The van der Waals surface area contributed by atoms with Crippen molar-refractivity contribution in [2.24, 2.45) is 7.05 Å². The summed E-state index contributed by atoms with van der Waals surface area (Å²) in [4.78, 5) is 0. The molecule has 2 nitrogen and oxygen atoms in total. The summed E-state index contributed by atoms with van der Waals surface area (Å²) in [6.45, 7) is 16.6. The molecule has 3 aromatic carbocycles. The van der Waals surface area contributed by atoms with Crippen LogP contribution in [0.5, 0.6) is 0 Å². The van der Waals surface area contributed by atoms with Crippen molar-refractivity contribution in [2.45, 2.75) is 72.6 Å². The van der Waals surface area contributed by atoms with Crippen LogP contribution in [0.1, 0.15) is 85.2 Å². The number of rotatable bonds is 4. The molecule has 1 aromatic heterocycles. The second-order valence-electron chi connectivity index (χ2n) is 10.7. The first-order valence-corrected chi connectivity index (χ1v) is 11.9. The molecule has 0 atom stereocenters. The van der Waals surface area contributed by atoms with E-state index in [9.17, 15) is 1.37 Å². The molecule has 33 heavy (non-hydrogen) atoms. The predicted molar refractivity (Wildman–Crippen MR) is 142 cm³/mol. The van der Waals surface area contributed by atoms with Gasteiger partial charge < -0.3 is 0 Å². The van der Waals surface area contributed by atoms with Gasteiger partial charge in [-0.1, -0.05) is 90.9 Å². The first-order chi connectivity index (χ1) is 16.1. The van der Waals surface area contributed by atoms with Crippen LogP contribution in [0.2, 0.25) is 0 Å². The van der Waals surface area contributed by atoms with Gasteiger partial charge in [-0.2, -0.15) is 4.57 Å². The molecule has 0 aliphatic carbocycles. The quantitative estimate of drug-likeness (QED) is 0.284. The fourth-order valence-corrected chi connectivity index (χ4v) is 4.78. The molecule has 0 radical (unpaired) electrons. The van der Waals surface area contributed by atoms with Gasteiger partial charge in [0.2, 0.25) is 0 Å². The largest absolute Gasteiger partial charge is 0.295 e. The summed E-state index contributed by atoms with van der Waals surface area (Å²) in [5.41, 5.74) is 8.54. The zero-order valence-electron chi connectivity index (χ0n) is 23.7. The number of imidazole rings is 1. The maximum absolute atomic E-state index is 9.22. The van der Waals surface area contributed by atoms with E-state index in [0.717, 1.165) is 39.2 Å². The molecule has 0 saturated carbocycles. The van der Waals surface area contributed by atoms with E-state index in [2.05, 4.69) is 105 Å². The van der Waals surface area contributed by atoms with Crippen LogP contribution >= 0.6 is 0 Å². The number of aromatic nitrogens is 2. The van der Waals surface area contributed by atoms with Crippen LogP contribution in [-0.4, -0.2) is 4.57 Å². The van der Waals surface area contributed by atoms with Gasteiger partial charge in [0.15, 0.2) is 11.0 Å². The Labute approximate surface area is 202 Å². The first-order valence-electron chi connectivity index (χ1n) is 12.9. The van der Waals surface area contributed by atoms with E-state index >= 15 is 0 Å². The van der Waals surface area contributed by atoms with Crippen molar-refractivity contribution in [1.82, 2.24) is 4.57 Å². The summed E-state index contributed by atoms with van der Waals surface area (Å²) in [5.74, 6) is -0.525. The summed E-state index contributed by atoms with van der Waals surface area (Å²) < 4.78 is 22.7. The van der Waals surface area contributed by atoms with Crippen LogP contribution in [0.4, 0.5) is 0 Å². The highest BCUT2D eigenvalue weighted by molar-refractivity contribution is 5.81. The number of hydrogen-bond donors (Lipinski definition) is 0. The Balaban J connectivity index is 2.30. The van der Waals surface area contributed by atoms with E-state index < -0.39 is 11.8 Å². The maximum Gasteiger partial charge on any atom is 0.295 e. The van der Waals surface area contributed by atoms with E-state index in [0.29, 0.717) is 0 Å². The predicted octanol–water partition coefficient (Wildman–Crippen LogP) is 7.97. The Kier molecular flexibility index (Phi) is 5.32. The lowest BCUT2D eigenvalue weighted by Gasteiger charge is -2.27. The zero-order valence-corrected chi connectivity index (χ0v) is 21.7. The first kappa shape index (κ1) is 20.7. The van der Waals surface area contributed by atoms with Gasteiger partial charge >= 0.3 is 0 Å². The Morgan fingerprint density at radius 1 is 0.879 bits per heavy atom. The zero-order chi connectivity index (χ0) is 25.9. The SMILES string of the molecule is [2H]C(C)(C)c1cc(C([2H])(C)C)c(-n2c(-c3ccccc3C)[n+](C)c3ccccc32)c(C(C)(C)C)c1. The average Bonchev–Trinajstić information content (AvgIpc) is 3.03. The summed E-state index contributed by atoms with van der Waals surface area (Å²) in [6, 6.07) is 21.3.